The van der Waals surface area contributed by atoms with Gasteiger partial charge in [-0.05, 0) is 30.5 Å². The average Bonchev–Trinajstić information content (AvgIpc) is 3.40. The largest absolute Gasteiger partial charge is 0.481 e. The molecule has 41 heavy (non-hydrogen) atoms. The number of carbonyl (C=O) groups is 7. The summed E-state index contributed by atoms with van der Waals surface area (Å²) in [5.41, 5.74) is 4.97. The number of carboxylic acids is 1. The average molecular weight is 570 g/mol. The van der Waals surface area contributed by atoms with Gasteiger partial charge in [-0.3, -0.25) is 43.4 Å². The number of ether oxygens (including phenoxy) is 1. The molecule has 0 saturated carbocycles. The third-order valence-electron chi connectivity index (χ3n) is 6.52. The van der Waals surface area contributed by atoms with Gasteiger partial charge in [0.05, 0.1) is 17.6 Å². The summed E-state index contributed by atoms with van der Waals surface area (Å²) in [6.45, 7) is 1.72. The van der Waals surface area contributed by atoms with Crippen LogP contribution in [0.2, 0.25) is 0 Å². The molecule has 218 valence electrons. The zero-order valence-electron chi connectivity index (χ0n) is 22.7. The standard InChI is InChI=1S/C28H32N4O9/c1-17(28(39)40)14-19(29)15-18-6-7-21(41-27(38)5-3-13-32-25(36)10-11-26(32)37)20(16-18)30-22(33)4-2-12-31-23(34)8-9-24(31)35/h6-11,16-17,19H,2-5,12-15,29H2,1H3,(H,30,33)(H,39,40)/p+1/t17?,19-/m1/s1. The van der Waals surface area contributed by atoms with Crippen LogP contribution in [0.15, 0.2) is 42.5 Å². The molecule has 13 nitrogen and oxygen atoms in total. The van der Waals surface area contributed by atoms with Crippen molar-refractivity contribution in [1.29, 1.82) is 0 Å². The maximum Gasteiger partial charge on any atom is 0.311 e. The molecular formula is C28H33N4O9+. The first-order valence-corrected chi connectivity index (χ1v) is 13.2. The minimum atomic E-state index is -0.920. The van der Waals surface area contributed by atoms with Gasteiger partial charge in [0.25, 0.3) is 23.6 Å². The fourth-order valence-corrected chi connectivity index (χ4v) is 4.38. The summed E-state index contributed by atoms with van der Waals surface area (Å²) >= 11 is 0. The number of amides is 5. The van der Waals surface area contributed by atoms with E-state index in [4.69, 9.17) is 4.74 Å². The highest BCUT2D eigenvalue weighted by Gasteiger charge is 2.25. The highest BCUT2D eigenvalue weighted by Crippen LogP contribution is 2.28. The van der Waals surface area contributed by atoms with Crippen molar-refractivity contribution < 1.29 is 49.1 Å². The summed E-state index contributed by atoms with van der Waals surface area (Å²) in [5, 5.41) is 11.9. The molecule has 0 saturated heterocycles. The fourth-order valence-electron chi connectivity index (χ4n) is 4.38. The van der Waals surface area contributed by atoms with Crippen molar-refractivity contribution in [1.82, 2.24) is 9.80 Å². The number of nitrogens with zero attached hydrogens (tertiary/aromatic N) is 2. The predicted octanol–water partition coefficient (Wildman–Crippen LogP) is 0.205. The van der Waals surface area contributed by atoms with Crippen LogP contribution in [-0.4, -0.2) is 75.5 Å². The lowest BCUT2D eigenvalue weighted by molar-refractivity contribution is -0.422. The number of aliphatic carboxylic acids is 1. The second-order valence-electron chi connectivity index (χ2n) is 9.93. The van der Waals surface area contributed by atoms with E-state index in [9.17, 15) is 38.7 Å². The number of nitrogens with one attached hydrogen (secondary N) is 1. The lowest BCUT2D eigenvalue weighted by Crippen LogP contribution is -2.62. The minimum Gasteiger partial charge on any atom is -0.481 e. The highest BCUT2D eigenvalue weighted by atomic mass is 16.5. The molecule has 0 aliphatic carbocycles. The Morgan fingerprint density at radius 1 is 0.902 bits per heavy atom. The summed E-state index contributed by atoms with van der Waals surface area (Å²) in [4.78, 5) is 85.2. The van der Waals surface area contributed by atoms with E-state index >= 15 is 0 Å². The summed E-state index contributed by atoms with van der Waals surface area (Å²) in [5.74, 6) is -4.25. The van der Waals surface area contributed by atoms with Gasteiger partial charge in [-0.25, -0.2) is 0 Å². The first kappa shape index (κ1) is 30.9. The first-order chi connectivity index (χ1) is 19.4. The smallest absolute Gasteiger partial charge is 0.311 e. The van der Waals surface area contributed by atoms with Crippen LogP contribution in [0.1, 0.15) is 44.6 Å². The molecule has 5 amide bonds. The van der Waals surface area contributed by atoms with Crippen LogP contribution in [0.4, 0.5) is 5.69 Å². The van der Waals surface area contributed by atoms with Crippen molar-refractivity contribution in [3.05, 3.63) is 48.1 Å². The number of carbonyl (C=O) groups excluding carboxylic acids is 6. The van der Waals surface area contributed by atoms with Crippen LogP contribution >= 0.6 is 0 Å². The topological polar surface area (TPSA) is 195 Å². The van der Waals surface area contributed by atoms with Gasteiger partial charge < -0.3 is 20.9 Å². The quantitative estimate of drug-likeness (QED) is 0.150. The van der Waals surface area contributed by atoms with Crippen molar-refractivity contribution in [2.45, 2.75) is 51.5 Å². The van der Waals surface area contributed by atoms with Gasteiger partial charge in [0, 0.05) is 63.1 Å². The van der Waals surface area contributed by atoms with Crippen LogP contribution in [0.25, 0.3) is 0 Å². The molecule has 0 bridgehead atoms. The van der Waals surface area contributed by atoms with Gasteiger partial charge in [0.1, 0.15) is 0 Å². The normalized spacial score (nSPS) is 16.0. The zero-order chi connectivity index (χ0) is 30.1. The third kappa shape index (κ3) is 8.93. The molecule has 5 N–H and O–H groups in total. The molecule has 0 spiro atoms. The molecule has 13 heteroatoms. The van der Waals surface area contributed by atoms with E-state index in [2.05, 4.69) is 11.1 Å². The Morgan fingerprint density at radius 3 is 1.98 bits per heavy atom. The van der Waals surface area contributed by atoms with Gasteiger partial charge in [-0.2, -0.15) is 0 Å². The Labute approximate surface area is 236 Å². The number of esters is 1. The van der Waals surface area contributed by atoms with Crippen LogP contribution in [0, 0.1) is 5.92 Å². The number of rotatable bonds is 15. The maximum absolute atomic E-state index is 12.7. The number of hydrogen-bond acceptors (Lipinski definition) is 8. The molecular weight excluding hydrogens is 536 g/mol. The van der Waals surface area contributed by atoms with E-state index in [0.717, 1.165) is 27.5 Å². The number of imide groups is 2. The van der Waals surface area contributed by atoms with E-state index in [1.165, 1.54) is 18.2 Å². The van der Waals surface area contributed by atoms with Crippen LogP contribution in [0.3, 0.4) is 0 Å². The van der Waals surface area contributed by atoms with Crippen molar-refractivity contribution in [3.8, 4) is 5.75 Å². The molecule has 0 aromatic heterocycles. The maximum atomic E-state index is 12.7. The summed E-state index contributed by atoms with van der Waals surface area (Å²) in [7, 11) is 0. The van der Waals surface area contributed by atoms with Crippen LogP contribution in [-0.2, 0) is 40.0 Å². The Kier molecular flexibility index (Phi) is 10.6. The Hall–Kier alpha value is -4.65. The van der Waals surface area contributed by atoms with Gasteiger partial charge >= 0.3 is 11.9 Å². The molecule has 2 heterocycles. The van der Waals surface area contributed by atoms with Gasteiger partial charge in [-0.1, -0.05) is 13.0 Å². The lowest BCUT2D eigenvalue weighted by Gasteiger charge is -2.16. The minimum absolute atomic E-state index is 0.0192. The zero-order valence-corrected chi connectivity index (χ0v) is 22.7. The molecule has 2 aliphatic rings. The second kappa shape index (κ2) is 14.1. The first-order valence-electron chi connectivity index (χ1n) is 13.2. The van der Waals surface area contributed by atoms with Crippen LogP contribution in [0.5, 0.6) is 5.75 Å². The Morgan fingerprint density at radius 2 is 1.44 bits per heavy atom. The van der Waals surface area contributed by atoms with Crippen molar-refractivity contribution in [2.75, 3.05) is 18.4 Å². The molecule has 0 radical (unpaired) electrons. The van der Waals surface area contributed by atoms with Crippen molar-refractivity contribution >= 4 is 47.2 Å². The van der Waals surface area contributed by atoms with Gasteiger partial charge in [0.15, 0.2) is 5.75 Å². The van der Waals surface area contributed by atoms with E-state index in [1.54, 1.807) is 19.1 Å². The van der Waals surface area contributed by atoms with Crippen LogP contribution < -0.4 is 15.8 Å². The SMILES string of the molecule is CC(C[C@@H]([NH3+])Cc1ccc(OC(=O)CCCN2C(=O)C=CC2=O)c(NC(=O)CCCN2C(=O)C=CC2=O)c1)C(=O)O. The number of anilines is 1. The van der Waals surface area contributed by atoms with E-state index in [0.29, 0.717) is 12.8 Å². The molecule has 1 unspecified atom stereocenters. The summed E-state index contributed by atoms with van der Waals surface area (Å²) in [6.07, 6.45) is 5.70. The number of quaternary nitrogens is 1. The lowest BCUT2D eigenvalue weighted by atomic mass is 9.96. The Bertz CT molecular complexity index is 1270. The third-order valence-corrected chi connectivity index (χ3v) is 6.52. The molecule has 3 rings (SSSR count). The second-order valence-corrected chi connectivity index (χ2v) is 9.93. The number of hydrogen-bond donors (Lipinski definition) is 3. The molecule has 0 fully saturated rings. The fraction of sp³-hybridized carbons (Fsp3) is 0.393. The van der Waals surface area contributed by atoms with E-state index in [-0.39, 0.29) is 56.3 Å². The molecule has 1 aromatic carbocycles. The predicted molar refractivity (Wildman–Crippen MR) is 143 cm³/mol. The summed E-state index contributed by atoms with van der Waals surface area (Å²) in [6, 6.07) is 4.59. The molecule has 2 atom stereocenters. The van der Waals surface area contributed by atoms with E-state index < -0.39 is 47.4 Å². The Balaban J connectivity index is 1.63. The molecule has 2 aliphatic heterocycles. The number of carboxylic acid groups (broad SMARTS) is 1. The van der Waals surface area contributed by atoms with Gasteiger partial charge in [0.2, 0.25) is 5.91 Å². The monoisotopic (exact) mass is 569 g/mol. The number of benzene rings is 1. The van der Waals surface area contributed by atoms with Crippen molar-refractivity contribution in [3.63, 3.8) is 0 Å². The van der Waals surface area contributed by atoms with E-state index in [1.807, 2.05) is 0 Å². The molecule has 1 aromatic rings. The van der Waals surface area contributed by atoms with Gasteiger partial charge in [-0.15, -0.1) is 0 Å². The summed E-state index contributed by atoms with van der Waals surface area (Å²) < 4.78 is 5.48. The van der Waals surface area contributed by atoms with Crippen molar-refractivity contribution in [2.24, 2.45) is 5.92 Å². The highest BCUT2D eigenvalue weighted by molar-refractivity contribution is 6.13.